The monoisotopic (exact) mass is 287 g/mol. The Morgan fingerprint density at radius 1 is 1.00 bits per heavy atom. The fourth-order valence-electron chi connectivity index (χ4n) is 5.98. The van der Waals surface area contributed by atoms with E-state index in [-0.39, 0.29) is 10.8 Å². The minimum atomic E-state index is -0.0744. The van der Waals surface area contributed by atoms with Gasteiger partial charge in [-0.25, -0.2) is 0 Å². The minimum Gasteiger partial charge on any atom is -0.299 e. The quantitative estimate of drug-likeness (QED) is 0.687. The molecule has 0 aromatic heterocycles. The van der Waals surface area contributed by atoms with Crippen molar-refractivity contribution in [3.8, 4) is 0 Å². The Balaban J connectivity index is 1.71. The maximum atomic E-state index is 12.3. The van der Waals surface area contributed by atoms with Crippen molar-refractivity contribution in [3.05, 3.63) is 0 Å². The predicted octanol–water partition coefficient (Wildman–Crippen LogP) is 3.21. The molecule has 3 nitrogen and oxygen atoms in total. The van der Waals surface area contributed by atoms with Gasteiger partial charge in [-0.2, -0.15) is 0 Å². The lowest BCUT2D eigenvalue weighted by molar-refractivity contribution is -0.131. The molecule has 5 atom stereocenters. The van der Waals surface area contributed by atoms with Gasteiger partial charge in [-0.05, 0) is 43.4 Å². The second-order valence-corrected chi connectivity index (χ2v) is 8.22. The molecule has 0 amide bonds. The third-order valence-electron chi connectivity index (χ3n) is 7.40. The van der Waals surface area contributed by atoms with Crippen molar-refractivity contribution in [2.75, 3.05) is 6.54 Å². The fourth-order valence-corrected chi connectivity index (χ4v) is 5.98. The van der Waals surface area contributed by atoms with Crippen molar-refractivity contribution in [1.82, 2.24) is 0 Å². The first kappa shape index (κ1) is 13.7. The molecule has 0 saturated heterocycles. The van der Waals surface area contributed by atoms with Crippen LogP contribution in [0, 0.1) is 28.6 Å². The molecule has 0 aromatic carbocycles. The molecule has 1 heterocycles. The van der Waals surface area contributed by atoms with E-state index in [4.69, 9.17) is 4.99 Å². The van der Waals surface area contributed by atoms with E-state index >= 15 is 0 Å². The van der Waals surface area contributed by atoms with E-state index in [0.717, 1.165) is 45.1 Å². The van der Waals surface area contributed by atoms with Crippen LogP contribution in [0.2, 0.25) is 0 Å². The summed E-state index contributed by atoms with van der Waals surface area (Å²) in [7, 11) is 0. The number of hydrogen-bond donors (Lipinski definition) is 0. The summed E-state index contributed by atoms with van der Waals surface area (Å²) in [6.07, 6.45) is 6.32. The standard InChI is InChI=1S/C18H25NO2/c1-17-7-5-11(20)9-15(17)19-10-12-13-3-4-16(21)18(13,2)8-6-14(12)17/h12-14H,3-10H2,1-2H3. The zero-order chi connectivity index (χ0) is 14.8. The van der Waals surface area contributed by atoms with Gasteiger partial charge in [0.15, 0.2) is 0 Å². The molecule has 5 unspecified atom stereocenters. The summed E-state index contributed by atoms with van der Waals surface area (Å²) >= 11 is 0. The molecule has 0 N–H and O–H groups in total. The van der Waals surface area contributed by atoms with Crippen molar-refractivity contribution >= 4 is 17.3 Å². The van der Waals surface area contributed by atoms with Crippen molar-refractivity contribution < 1.29 is 9.59 Å². The molecule has 4 rings (SSSR count). The van der Waals surface area contributed by atoms with Gasteiger partial charge in [0.25, 0.3) is 0 Å². The molecule has 114 valence electrons. The number of ketones is 2. The van der Waals surface area contributed by atoms with Gasteiger partial charge >= 0.3 is 0 Å². The molecular formula is C18H25NO2. The summed E-state index contributed by atoms with van der Waals surface area (Å²) in [5.74, 6) is 2.59. The van der Waals surface area contributed by atoms with Crippen LogP contribution >= 0.6 is 0 Å². The average Bonchev–Trinajstić information content (AvgIpc) is 2.76. The Morgan fingerprint density at radius 2 is 1.76 bits per heavy atom. The number of hydrogen-bond acceptors (Lipinski definition) is 3. The van der Waals surface area contributed by atoms with Crippen molar-refractivity contribution in [2.24, 2.45) is 33.6 Å². The SMILES string of the molecule is CC12CCC3C(CN=C4CC(=O)CCC43C)C1CCC2=O. The Labute approximate surface area is 126 Å². The second kappa shape index (κ2) is 4.27. The first-order chi connectivity index (χ1) is 9.95. The van der Waals surface area contributed by atoms with E-state index in [9.17, 15) is 9.59 Å². The zero-order valence-corrected chi connectivity index (χ0v) is 13.2. The van der Waals surface area contributed by atoms with Crippen LogP contribution in [0.15, 0.2) is 4.99 Å². The van der Waals surface area contributed by atoms with Crippen LogP contribution in [0.1, 0.15) is 58.8 Å². The lowest BCUT2D eigenvalue weighted by atomic mass is 9.50. The Bertz CT molecular complexity index is 551. The van der Waals surface area contributed by atoms with Crippen LogP contribution in [0.4, 0.5) is 0 Å². The van der Waals surface area contributed by atoms with E-state index < -0.39 is 0 Å². The maximum absolute atomic E-state index is 12.3. The summed E-state index contributed by atoms with van der Waals surface area (Å²) in [4.78, 5) is 29.0. The molecule has 3 fully saturated rings. The van der Waals surface area contributed by atoms with Gasteiger partial charge in [0.1, 0.15) is 11.6 Å². The Hall–Kier alpha value is -0.990. The van der Waals surface area contributed by atoms with Crippen molar-refractivity contribution in [3.63, 3.8) is 0 Å². The largest absolute Gasteiger partial charge is 0.299 e. The molecule has 1 aliphatic heterocycles. The van der Waals surface area contributed by atoms with Gasteiger partial charge in [0.05, 0.1) is 0 Å². The van der Waals surface area contributed by atoms with Crippen molar-refractivity contribution in [2.45, 2.75) is 58.8 Å². The van der Waals surface area contributed by atoms with Gasteiger partial charge in [-0.1, -0.05) is 13.8 Å². The molecule has 3 saturated carbocycles. The first-order valence-corrected chi connectivity index (χ1v) is 8.54. The normalized spacial score (nSPS) is 49.2. The van der Waals surface area contributed by atoms with E-state index in [1.807, 2.05) is 0 Å². The van der Waals surface area contributed by atoms with Gasteiger partial charge in [-0.15, -0.1) is 0 Å². The van der Waals surface area contributed by atoms with E-state index in [1.165, 1.54) is 5.71 Å². The smallest absolute Gasteiger partial charge is 0.139 e. The topological polar surface area (TPSA) is 46.5 Å². The summed E-state index contributed by atoms with van der Waals surface area (Å²) in [5, 5.41) is 0. The van der Waals surface area contributed by atoms with Crippen molar-refractivity contribution in [1.29, 1.82) is 0 Å². The maximum Gasteiger partial charge on any atom is 0.139 e. The van der Waals surface area contributed by atoms with Gasteiger partial charge < -0.3 is 0 Å². The highest BCUT2D eigenvalue weighted by Gasteiger charge is 2.59. The second-order valence-electron chi connectivity index (χ2n) is 8.22. The van der Waals surface area contributed by atoms with Crippen LogP contribution in [0.5, 0.6) is 0 Å². The van der Waals surface area contributed by atoms with Gasteiger partial charge in [0, 0.05) is 42.3 Å². The van der Waals surface area contributed by atoms with Crippen LogP contribution in [-0.2, 0) is 9.59 Å². The summed E-state index contributed by atoms with van der Waals surface area (Å²) in [6, 6.07) is 0. The van der Waals surface area contributed by atoms with E-state index in [1.54, 1.807) is 0 Å². The molecule has 0 radical (unpaired) electrons. The van der Waals surface area contributed by atoms with Gasteiger partial charge in [-0.3, -0.25) is 14.6 Å². The van der Waals surface area contributed by atoms with Crippen LogP contribution in [0.25, 0.3) is 0 Å². The third kappa shape index (κ3) is 1.69. The predicted molar refractivity (Wildman–Crippen MR) is 81.3 cm³/mol. The Kier molecular flexibility index (Phi) is 2.78. The number of aliphatic imine (C=N–C) groups is 1. The van der Waals surface area contributed by atoms with Crippen LogP contribution in [-0.4, -0.2) is 23.8 Å². The lowest BCUT2D eigenvalue weighted by Crippen LogP contribution is -2.54. The molecule has 21 heavy (non-hydrogen) atoms. The first-order valence-electron chi connectivity index (χ1n) is 8.54. The highest BCUT2D eigenvalue weighted by Crippen LogP contribution is 2.60. The molecule has 0 aromatic rings. The number of carbonyl (C=O) groups excluding carboxylic acids is 2. The summed E-state index contributed by atoms with van der Waals surface area (Å²) in [5.41, 5.74) is 1.23. The fraction of sp³-hybridized carbons (Fsp3) is 0.833. The molecule has 0 spiro atoms. The molecule has 3 heteroatoms. The van der Waals surface area contributed by atoms with Crippen LogP contribution in [0.3, 0.4) is 0 Å². The molecule has 3 aliphatic carbocycles. The number of nitrogens with zero attached hydrogens (tertiary/aromatic N) is 1. The van der Waals surface area contributed by atoms with E-state index in [2.05, 4.69) is 13.8 Å². The number of carbonyl (C=O) groups is 2. The molecular weight excluding hydrogens is 262 g/mol. The molecule has 4 aliphatic rings. The van der Waals surface area contributed by atoms with Crippen LogP contribution < -0.4 is 0 Å². The Morgan fingerprint density at radius 3 is 2.57 bits per heavy atom. The summed E-state index contributed by atoms with van der Waals surface area (Å²) < 4.78 is 0. The van der Waals surface area contributed by atoms with Gasteiger partial charge in [0.2, 0.25) is 0 Å². The number of Topliss-reactive ketones (excluding diaryl/α,β-unsaturated/α-hetero) is 2. The third-order valence-corrected chi connectivity index (χ3v) is 7.40. The lowest BCUT2D eigenvalue weighted by Gasteiger charge is -2.55. The van der Waals surface area contributed by atoms with E-state index in [0.29, 0.717) is 35.7 Å². The number of rotatable bonds is 0. The highest BCUT2D eigenvalue weighted by atomic mass is 16.1. The number of fused-ring (bicyclic) bond motifs is 5. The average molecular weight is 287 g/mol. The minimum absolute atomic E-state index is 0.0744. The summed E-state index contributed by atoms with van der Waals surface area (Å²) in [6.45, 7) is 5.40. The zero-order valence-electron chi connectivity index (χ0n) is 13.2. The highest BCUT2D eigenvalue weighted by molar-refractivity contribution is 6.07. The molecule has 0 bridgehead atoms.